The molecule has 0 spiro atoms. The molecule has 0 bridgehead atoms. The maximum absolute atomic E-state index is 12.1. The number of nitrogens with one attached hydrogen (secondary N) is 1. The van der Waals surface area contributed by atoms with Crippen molar-refractivity contribution >= 4 is 11.6 Å². The van der Waals surface area contributed by atoms with Gasteiger partial charge in [0.1, 0.15) is 0 Å². The van der Waals surface area contributed by atoms with Crippen LogP contribution < -0.4 is 5.32 Å². The largest absolute Gasteiger partial charge is 0.383 e. The molecular weight excluding hydrogens is 248 g/mol. The van der Waals surface area contributed by atoms with E-state index in [0.717, 1.165) is 17.8 Å². The van der Waals surface area contributed by atoms with Crippen LogP contribution in [0.25, 0.3) is 0 Å². The number of hydrogen-bond donors (Lipinski definition) is 1. The molecule has 1 N–H and O–H groups in total. The van der Waals surface area contributed by atoms with Crippen LogP contribution in [0.5, 0.6) is 0 Å². The molecule has 0 aromatic heterocycles. The standard InChI is InChI=1S/C17H20N2O/c1-14-8-10-16(11-9-14)18-12-13-19(2)17(20)15-6-4-3-5-7-15/h3-11,18H,12-13H2,1-2H3. The molecule has 1 amide bonds. The number of carbonyl (C=O) groups excluding carboxylic acids is 1. The molecule has 0 unspecified atom stereocenters. The van der Waals surface area contributed by atoms with Gasteiger partial charge in [0, 0.05) is 31.4 Å². The van der Waals surface area contributed by atoms with Gasteiger partial charge >= 0.3 is 0 Å². The van der Waals surface area contributed by atoms with Gasteiger partial charge in [-0.25, -0.2) is 0 Å². The number of likely N-dealkylation sites (N-methyl/N-ethyl adjacent to an activating group) is 1. The Balaban J connectivity index is 1.82. The zero-order chi connectivity index (χ0) is 14.4. The lowest BCUT2D eigenvalue weighted by atomic mass is 10.2. The molecule has 0 atom stereocenters. The smallest absolute Gasteiger partial charge is 0.253 e. The van der Waals surface area contributed by atoms with Gasteiger partial charge in [0.15, 0.2) is 0 Å². The fraction of sp³-hybridized carbons (Fsp3) is 0.235. The van der Waals surface area contributed by atoms with Crippen molar-refractivity contribution in [3.05, 3.63) is 65.7 Å². The summed E-state index contributed by atoms with van der Waals surface area (Å²) in [5.41, 5.74) is 3.05. The SMILES string of the molecule is Cc1ccc(NCCN(C)C(=O)c2ccccc2)cc1. The molecule has 3 heteroatoms. The Labute approximate surface area is 120 Å². The summed E-state index contributed by atoms with van der Waals surface area (Å²) in [6.07, 6.45) is 0. The van der Waals surface area contributed by atoms with Gasteiger partial charge < -0.3 is 10.2 Å². The number of hydrogen-bond acceptors (Lipinski definition) is 2. The molecular formula is C17H20N2O. The third-order valence-corrected chi connectivity index (χ3v) is 3.20. The van der Waals surface area contributed by atoms with Crippen LogP contribution in [0.4, 0.5) is 5.69 Å². The van der Waals surface area contributed by atoms with E-state index in [0.29, 0.717) is 6.54 Å². The van der Waals surface area contributed by atoms with Crippen molar-refractivity contribution in [3.8, 4) is 0 Å². The first kappa shape index (κ1) is 14.1. The second kappa shape index (κ2) is 6.75. The normalized spacial score (nSPS) is 10.1. The summed E-state index contributed by atoms with van der Waals surface area (Å²) in [5.74, 6) is 0.0521. The highest BCUT2D eigenvalue weighted by Crippen LogP contribution is 2.08. The summed E-state index contributed by atoms with van der Waals surface area (Å²) in [7, 11) is 1.83. The van der Waals surface area contributed by atoms with Crippen LogP contribution in [-0.4, -0.2) is 30.9 Å². The van der Waals surface area contributed by atoms with Gasteiger partial charge in [0.25, 0.3) is 5.91 Å². The Kier molecular flexibility index (Phi) is 4.77. The molecule has 0 aliphatic heterocycles. The van der Waals surface area contributed by atoms with E-state index < -0.39 is 0 Å². The van der Waals surface area contributed by atoms with Gasteiger partial charge in [0.2, 0.25) is 0 Å². The van der Waals surface area contributed by atoms with E-state index >= 15 is 0 Å². The van der Waals surface area contributed by atoms with E-state index in [1.165, 1.54) is 5.56 Å². The van der Waals surface area contributed by atoms with E-state index in [1.807, 2.05) is 49.5 Å². The highest BCUT2D eigenvalue weighted by Gasteiger charge is 2.09. The van der Waals surface area contributed by atoms with Crippen LogP contribution in [0.15, 0.2) is 54.6 Å². The topological polar surface area (TPSA) is 32.3 Å². The number of carbonyl (C=O) groups is 1. The van der Waals surface area contributed by atoms with Crippen LogP contribution in [-0.2, 0) is 0 Å². The first-order valence-corrected chi connectivity index (χ1v) is 6.78. The van der Waals surface area contributed by atoms with Crippen molar-refractivity contribution in [2.75, 3.05) is 25.5 Å². The quantitative estimate of drug-likeness (QED) is 0.903. The van der Waals surface area contributed by atoms with Crippen LogP contribution in [0.2, 0.25) is 0 Å². The third kappa shape index (κ3) is 3.85. The second-order valence-corrected chi connectivity index (χ2v) is 4.89. The predicted octanol–water partition coefficient (Wildman–Crippen LogP) is 3.18. The summed E-state index contributed by atoms with van der Waals surface area (Å²) in [6.45, 7) is 3.47. The molecule has 0 saturated heterocycles. The van der Waals surface area contributed by atoms with Gasteiger partial charge in [-0.3, -0.25) is 4.79 Å². The lowest BCUT2D eigenvalue weighted by Gasteiger charge is -2.18. The van der Waals surface area contributed by atoms with Crippen molar-refractivity contribution in [2.24, 2.45) is 0 Å². The molecule has 20 heavy (non-hydrogen) atoms. The van der Waals surface area contributed by atoms with Gasteiger partial charge in [-0.2, -0.15) is 0 Å². The number of rotatable bonds is 5. The maximum atomic E-state index is 12.1. The van der Waals surface area contributed by atoms with Gasteiger partial charge in [-0.05, 0) is 31.2 Å². The monoisotopic (exact) mass is 268 g/mol. The van der Waals surface area contributed by atoms with Crippen molar-refractivity contribution in [3.63, 3.8) is 0 Å². The number of aryl methyl sites for hydroxylation is 1. The fourth-order valence-electron chi connectivity index (χ4n) is 1.94. The summed E-state index contributed by atoms with van der Waals surface area (Å²) < 4.78 is 0. The number of anilines is 1. The Morgan fingerprint density at radius 2 is 1.70 bits per heavy atom. The van der Waals surface area contributed by atoms with Crippen LogP contribution >= 0.6 is 0 Å². The minimum atomic E-state index is 0.0521. The zero-order valence-corrected chi connectivity index (χ0v) is 12.0. The average Bonchev–Trinajstić information content (AvgIpc) is 2.49. The summed E-state index contributed by atoms with van der Waals surface area (Å²) in [6, 6.07) is 17.6. The second-order valence-electron chi connectivity index (χ2n) is 4.89. The first-order chi connectivity index (χ1) is 9.66. The van der Waals surface area contributed by atoms with E-state index in [2.05, 4.69) is 24.4 Å². The van der Waals surface area contributed by atoms with E-state index in [1.54, 1.807) is 4.90 Å². The van der Waals surface area contributed by atoms with Crippen LogP contribution in [0, 0.1) is 6.92 Å². The lowest BCUT2D eigenvalue weighted by Crippen LogP contribution is -2.31. The summed E-state index contributed by atoms with van der Waals surface area (Å²) in [5, 5.41) is 3.32. The van der Waals surface area contributed by atoms with E-state index in [-0.39, 0.29) is 5.91 Å². The fourth-order valence-corrected chi connectivity index (χ4v) is 1.94. The van der Waals surface area contributed by atoms with Gasteiger partial charge in [-0.15, -0.1) is 0 Å². The minimum absolute atomic E-state index is 0.0521. The molecule has 0 fully saturated rings. The molecule has 0 radical (unpaired) electrons. The minimum Gasteiger partial charge on any atom is -0.383 e. The summed E-state index contributed by atoms with van der Waals surface area (Å²) in [4.78, 5) is 13.9. The maximum Gasteiger partial charge on any atom is 0.253 e. The summed E-state index contributed by atoms with van der Waals surface area (Å²) >= 11 is 0. The molecule has 0 aliphatic carbocycles. The predicted molar refractivity (Wildman–Crippen MR) is 83.1 cm³/mol. The molecule has 0 heterocycles. The zero-order valence-electron chi connectivity index (χ0n) is 12.0. The number of nitrogens with zero attached hydrogens (tertiary/aromatic N) is 1. The Hall–Kier alpha value is -2.29. The molecule has 2 aromatic rings. The Morgan fingerprint density at radius 3 is 2.35 bits per heavy atom. The molecule has 3 nitrogen and oxygen atoms in total. The molecule has 0 aliphatic rings. The van der Waals surface area contributed by atoms with Crippen molar-refractivity contribution < 1.29 is 4.79 Å². The van der Waals surface area contributed by atoms with E-state index in [4.69, 9.17) is 0 Å². The Bertz CT molecular complexity index is 549. The van der Waals surface area contributed by atoms with Crippen molar-refractivity contribution in [2.45, 2.75) is 6.92 Å². The molecule has 104 valence electrons. The number of amides is 1. The highest BCUT2D eigenvalue weighted by atomic mass is 16.2. The lowest BCUT2D eigenvalue weighted by molar-refractivity contribution is 0.0800. The Morgan fingerprint density at radius 1 is 1.05 bits per heavy atom. The highest BCUT2D eigenvalue weighted by molar-refractivity contribution is 5.93. The molecule has 2 rings (SSSR count). The average molecular weight is 268 g/mol. The third-order valence-electron chi connectivity index (χ3n) is 3.20. The molecule has 2 aromatic carbocycles. The first-order valence-electron chi connectivity index (χ1n) is 6.78. The molecule has 0 saturated carbocycles. The van der Waals surface area contributed by atoms with Crippen molar-refractivity contribution in [1.29, 1.82) is 0 Å². The van der Waals surface area contributed by atoms with Crippen LogP contribution in [0.3, 0.4) is 0 Å². The number of benzene rings is 2. The van der Waals surface area contributed by atoms with E-state index in [9.17, 15) is 4.79 Å². The van der Waals surface area contributed by atoms with Crippen LogP contribution in [0.1, 0.15) is 15.9 Å². The van der Waals surface area contributed by atoms with Crippen molar-refractivity contribution in [1.82, 2.24) is 4.90 Å². The van der Waals surface area contributed by atoms with Gasteiger partial charge in [-0.1, -0.05) is 35.9 Å². The van der Waals surface area contributed by atoms with Gasteiger partial charge in [0.05, 0.1) is 0 Å².